The molecule has 1 fully saturated rings. The molecule has 0 amide bonds. The number of benzene rings is 2. The second-order valence-corrected chi connectivity index (χ2v) is 9.35. The third kappa shape index (κ3) is 4.92. The Morgan fingerprint density at radius 1 is 1.12 bits per heavy atom. The number of anilines is 1. The van der Waals surface area contributed by atoms with Gasteiger partial charge in [0.15, 0.2) is 0 Å². The number of halogens is 5. The van der Waals surface area contributed by atoms with Crippen LogP contribution in [-0.4, -0.2) is 29.9 Å². The maximum Gasteiger partial charge on any atom is 0.419 e. The van der Waals surface area contributed by atoms with Crippen LogP contribution in [0, 0.1) is 22.5 Å². The molecule has 1 unspecified atom stereocenters. The summed E-state index contributed by atoms with van der Waals surface area (Å²) < 4.78 is 67.5. The third-order valence-electron chi connectivity index (χ3n) is 5.90. The Hall–Kier alpha value is -2.98. The summed E-state index contributed by atoms with van der Waals surface area (Å²) in [6.45, 7) is 0.759. The van der Waals surface area contributed by atoms with Crippen LogP contribution in [0.4, 0.5) is 27.6 Å². The highest BCUT2D eigenvalue weighted by atomic mass is 32.2. The fourth-order valence-corrected chi connectivity index (χ4v) is 5.24. The average molecular weight is 494 g/mol. The van der Waals surface area contributed by atoms with Gasteiger partial charge in [0, 0.05) is 35.6 Å². The number of carbonyl (C=O) groups excluding carboxylic acids is 1. The van der Waals surface area contributed by atoms with Crippen LogP contribution in [0.1, 0.15) is 18.4 Å². The molecule has 0 radical (unpaired) electrons. The molecule has 1 saturated heterocycles. The van der Waals surface area contributed by atoms with Crippen molar-refractivity contribution < 1.29 is 26.7 Å². The van der Waals surface area contributed by atoms with Crippen molar-refractivity contribution in [1.82, 2.24) is 4.31 Å². The molecule has 0 spiro atoms. The van der Waals surface area contributed by atoms with Gasteiger partial charge in [0.25, 0.3) is 0 Å². The molecular formula is C24H20F5N3OS. The van der Waals surface area contributed by atoms with Gasteiger partial charge in [0.2, 0.25) is 0 Å². The maximum absolute atomic E-state index is 14.0. The van der Waals surface area contributed by atoms with Crippen molar-refractivity contribution in [2.75, 3.05) is 18.4 Å². The lowest BCUT2D eigenvalue weighted by atomic mass is 9.69. The zero-order valence-electron chi connectivity index (χ0n) is 17.8. The van der Waals surface area contributed by atoms with Crippen molar-refractivity contribution in [2.45, 2.75) is 23.9 Å². The van der Waals surface area contributed by atoms with E-state index in [0.717, 1.165) is 29.9 Å². The molecule has 0 aromatic heterocycles. The van der Waals surface area contributed by atoms with Gasteiger partial charge in [-0.3, -0.25) is 0 Å². The highest BCUT2D eigenvalue weighted by molar-refractivity contribution is 7.97. The second-order valence-electron chi connectivity index (χ2n) is 8.18. The Balaban J connectivity index is 1.53. The van der Waals surface area contributed by atoms with Crippen LogP contribution in [0.15, 0.2) is 70.3 Å². The summed E-state index contributed by atoms with van der Waals surface area (Å²) in [4.78, 5) is 12.6. The molecule has 0 saturated carbocycles. The second kappa shape index (κ2) is 9.34. The molecule has 4 rings (SSSR count). The molecule has 1 aliphatic carbocycles. The minimum absolute atomic E-state index is 0.258. The fourth-order valence-electron chi connectivity index (χ4n) is 4.17. The summed E-state index contributed by atoms with van der Waals surface area (Å²) in [5.74, 6) is -1.71. The number of allylic oxidation sites excluding steroid dienone is 2. The Kier molecular flexibility index (Phi) is 6.64. The molecule has 1 atom stereocenters. The average Bonchev–Trinajstić information content (AvgIpc) is 2.79. The number of alkyl halides is 3. The van der Waals surface area contributed by atoms with E-state index in [0.29, 0.717) is 40.9 Å². The van der Waals surface area contributed by atoms with E-state index in [1.807, 2.05) is 10.4 Å². The van der Waals surface area contributed by atoms with Crippen molar-refractivity contribution in [1.29, 1.82) is 5.41 Å². The van der Waals surface area contributed by atoms with E-state index in [1.54, 1.807) is 12.1 Å². The Morgan fingerprint density at radius 2 is 1.85 bits per heavy atom. The molecule has 1 heterocycles. The van der Waals surface area contributed by atoms with E-state index in [2.05, 4.69) is 5.32 Å². The molecule has 2 N–H and O–H groups in total. The van der Waals surface area contributed by atoms with Gasteiger partial charge < -0.3 is 15.5 Å². The zero-order chi connectivity index (χ0) is 24.5. The lowest BCUT2D eigenvalue weighted by molar-refractivity contribution is -0.140. The number of nitrogens with one attached hydrogen (secondary N) is 2. The minimum atomic E-state index is -4.77. The van der Waals surface area contributed by atoms with Gasteiger partial charge in [-0.25, -0.2) is 13.1 Å². The van der Waals surface area contributed by atoms with Crippen LogP contribution in [0.3, 0.4) is 0 Å². The van der Waals surface area contributed by atoms with Crippen LogP contribution >= 0.6 is 11.9 Å². The zero-order valence-corrected chi connectivity index (χ0v) is 18.6. The standard InChI is InChI=1S/C24H20F5N3OS/c25-17-1-3-18(4-2-17)31-22-9-16-7-8-32(13-23(16,14-33)11-15(22)12-30)34-19-5-6-20(21(26)10-19)24(27,28)29/h1-6,9-10,12,14,30-31H,7-8,11,13H2. The molecule has 4 nitrogen and oxygen atoms in total. The molecule has 2 aromatic rings. The Labute approximate surface area is 197 Å². The molecule has 2 aliphatic rings. The van der Waals surface area contributed by atoms with Crippen molar-refractivity contribution >= 4 is 30.1 Å². The highest BCUT2D eigenvalue weighted by Crippen LogP contribution is 2.46. The maximum atomic E-state index is 14.0. The number of aldehydes is 1. The number of piperidine rings is 1. The van der Waals surface area contributed by atoms with Gasteiger partial charge in [-0.05, 0) is 78.9 Å². The van der Waals surface area contributed by atoms with Crippen LogP contribution in [0.25, 0.3) is 0 Å². The molecular weight excluding hydrogens is 473 g/mol. The van der Waals surface area contributed by atoms with Crippen molar-refractivity contribution in [3.05, 3.63) is 82.6 Å². The molecule has 2 aromatic carbocycles. The van der Waals surface area contributed by atoms with Gasteiger partial charge in [-0.1, -0.05) is 5.57 Å². The van der Waals surface area contributed by atoms with E-state index in [9.17, 15) is 26.7 Å². The summed E-state index contributed by atoms with van der Waals surface area (Å²) >= 11 is 1.10. The fraction of sp³-hybridized carbons (Fsp3) is 0.250. The van der Waals surface area contributed by atoms with Crippen LogP contribution in [-0.2, 0) is 11.0 Å². The Bertz CT molecular complexity index is 1180. The first-order valence-electron chi connectivity index (χ1n) is 10.4. The van der Waals surface area contributed by atoms with Gasteiger partial charge in [-0.2, -0.15) is 13.2 Å². The van der Waals surface area contributed by atoms with Crippen molar-refractivity contribution in [3.63, 3.8) is 0 Å². The smallest absolute Gasteiger partial charge is 0.355 e. The van der Waals surface area contributed by atoms with Crippen LogP contribution in [0.5, 0.6) is 0 Å². The summed E-state index contributed by atoms with van der Waals surface area (Å²) in [5, 5.41) is 11.0. The largest absolute Gasteiger partial charge is 0.419 e. The quantitative estimate of drug-likeness (QED) is 0.217. The normalized spacial score (nSPS) is 21.0. The lowest BCUT2D eigenvalue weighted by Gasteiger charge is -2.43. The van der Waals surface area contributed by atoms with E-state index < -0.39 is 23.0 Å². The summed E-state index contributed by atoms with van der Waals surface area (Å²) in [6, 6.07) is 8.56. The monoisotopic (exact) mass is 493 g/mol. The van der Waals surface area contributed by atoms with Gasteiger partial charge in [0.1, 0.15) is 17.9 Å². The predicted octanol–water partition coefficient (Wildman–Crippen LogP) is 6.23. The van der Waals surface area contributed by atoms with Gasteiger partial charge in [0.05, 0.1) is 11.0 Å². The molecule has 1 aliphatic heterocycles. The SMILES string of the molecule is N=CC1=C(Nc2ccc(F)cc2)C=C2CCN(Sc3ccc(C(F)(F)F)c(F)c3)CC2(C=O)C1. The van der Waals surface area contributed by atoms with Crippen LogP contribution < -0.4 is 5.32 Å². The number of nitrogens with zero attached hydrogens (tertiary/aromatic N) is 1. The first-order chi connectivity index (χ1) is 16.1. The predicted molar refractivity (Wildman–Crippen MR) is 120 cm³/mol. The number of hydrogen-bond acceptors (Lipinski definition) is 5. The first kappa shape index (κ1) is 24.2. The third-order valence-corrected chi connectivity index (χ3v) is 6.94. The first-order valence-corrected chi connectivity index (χ1v) is 11.1. The van der Waals surface area contributed by atoms with Gasteiger partial charge >= 0.3 is 6.18 Å². The summed E-state index contributed by atoms with van der Waals surface area (Å²) in [6.07, 6.45) is -0.153. The number of carbonyl (C=O) groups is 1. The van der Waals surface area contributed by atoms with E-state index >= 15 is 0 Å². The lowest BCUT2D eigenvalue weighted by Crippen LogP contribution is -2.44. The van der Waals surface area contributed by atoms with E-state index in [1.165, 1.54) is 24.4 Å². The molecule has 10 heteroatoms. The van der Waals surface area contributed by atoms with E-state index in [-0.39, 0.29) is 18.8 Å². The summed E-state index contributed by atoms with van der Waals surface area (Å²) in [5.41, 5.74) is 0.528. The number of rotatable bonds is 6. The summed E-state index contributed by atoms with van der Waals surface area (Å²) in [7, 11) is 0. The number of fused-ring (bicyclic) bond motifs is 1. The van der Waals surface area contributed by atoms with Crippen LogP contribution in [0.2, 0.25) is 0 Å². The van der Waals surface area contributed by atoms with Crippen molar-refractivity contribution in [2.24, 2.45) is 5.41 Å². The molecule has 0 bridgehead atoms. The molecule has 34 heavy (non-hydrogen) atoms. The molecule has 178 valence electrons. The van der Waals surface area contributed by atoms with Crippen molar-refractivity contribution in [3.8, 4) is 0 Å². The minimum Gasteiger partial charge on any atom is -0.355 e. The van der Waals surface area contributed by atoms with E-state index in [4.69, 9.17) is 5.41 Å². The number of hydrogen-bond donors (Lipinski definition) is 2. The highest BCUT2D eigenvalue weighted by Gasteiger charge is 2.43. The van der Waals surface area contributed by atoms with Gasteiger partial charge in [-0.15, -0.1) is 0 Å². The topological polar surface area (TPSA) is 56.2 Å². The Morgan fingerprint density at radius 3 is 2.47 bits per heavy atom.